The van der Waals surface area contributed by atoms with Gasteiger partial charge in [0.1, 0.15) is 17.2 Å². The molecule has 128 valence electrons. The fourth-order valence-electron chi connectivity index (χ4n) is 2.71. The van der Waals surface area contributed by atoms with Crippen molar-refractivity contribution in [2.45, 2.75) is 13.3 Å². The molecule has 0 saturated carbocycles. The minimum Gasteiger partial charge on any atom is -0.507 e. The van der Waals surface area contributed by atoms with Gasteiger partial charge in [-0.2, -0.15) is 0 Å². The molecule has 1 aromatic heterocycles. The van der Waals surface area contributed by atoms with Crippen LogP contribution in [0.4, 0.5) is 0 Å². The Hall–Kier alpha value is -3.28. The first-order chi connectivity index (χ1) is 12.0. The van der Waals surface area contributed by atoms with Crippen LogP contribution in [-0.4, -0.2) is 23.3 Å². The molecule has 6 heteroatoms. The van der Waals surface area contributed by atoms with E-state index in [9.17, 15) is 9.90 Å². The molecule has 25 heavy (non-hydrogen) atoms. The van der Waals surface area contributed by atoms with E-state index in [0.29, 0.717) is 17.7 Å². The fourth-order valence-corrected chi connectivity index (χ4v) is 2.71. The van der Waals surface area contributed by atoms with Crippen LogP contribution >= 0.6 is 0 Å². The summed E-state index contributed by atoms with van der Waals surface area (Å²) in [5.41, 5.74) is 8.52. The summed E-state index contributed by atoms with van der Waals surface area (Å²) in [7, 11) is 1.61. The minimum atomic E-state index is -0.702. The van der Waals surface area contributed by atoms with Crippen LogP contribution in [0.3, 0.4) is 0 Å². The van der Waals surface area contributed by atoms with Crippen molar-refractivity contribution < 1.29 is 19.2 Å². The lowest BCUT2D eigenvalue weighted by atomic mass is 9.99. The third-order valence-electron chi connectivity index (χ3n) is 4.03. The van der Waals surface area contributed by atoms with Crippen LogP contribution in [0.5, 0.6) is 11.5 Å². The number of nitrogens with zero attached hydrogens (tertiary/aromatic N) is 1. The molecule has 0 bridgehead atoms. The van der Waals surface area contributed by atoms with E-state index >= 15 is 0 Å². The first-order valence-electron chi connectivity index (χ1n) is 7.81. The maximum Gasteiger partial charge on any atom is 0.252 e. The minimum absolute atomic E-state index is 0.0435. The Morgan fingerprint density at radius 1 is 1.20 bits per heavy atom. The molecule has 0 atom stereocenters. The van der Waals surface area contributed by atoms with E-state index in [1.54, 1.807) is 13.2 Å². The van der Waals surface area contributed by atoms with Crippen LogP contribution in [0.2, 0.25) is 0 Å². The van der Waals surface area contributed by atoms with Gasteiger partial charge in [0.25, 0.3) is 5.91 Å². The Balaban J connectivity index is 2.08. The lowest BCUT2D eigenvalue weighted by Crippen LogP contribution is -2.11. The first-order valence-corrected chi connectivity index (χ1v) is 7.81. The molecular formula is C19H18N2O4. The highest BCUT2D eigenvalue weighted by molar-refractivity contribution is 5.96. The number of amides is 1. The third kappa shape index (κ3) is 3.06. The highest BCUT2D eigenvalue weighted by atomic mass is 16.5. The molecule has 0 spiro atoms. The molecule has 1 heterocycles. The van der Waals surface area contributed by atoms with Crippen molar-refractivity contribution in [3.8, 4) is 34.1 Å². The van der Waals surface area contributed by atoms with Crippen LogP contribution < -0.4 is 10.5 Å². The van der Waals surface area contributed by atoms with Gasteiger partial charge in [-0.05, 0) is 48.9 Å². The topological polar surface area (TPSA) is 98.6 Å². The molecule has 0 fully saturated rings. The van der Waals surface area contributed by atoms with Gasteiger partial charge in [-0.3, -0.25) is 4.79 Å². The van der Waals surface area contributed by atoms with E-state index in [4.69, 9.17) is 15.0 Å². The molecule has 3 rings (SSSR count). The van der Waals surface area contributed by atoms with Gasteiger partial charge in [-0.1, -0.05) is 12.1 Å². The average Bonchev–Trinajstić information content (AvgIpc) is 3.06. The number of carbonyl (C=O) groups is 1. The molecule has 0 aliphatic carbocycles. The SMILES string of the molecule is CCc1c(-c2ccc(OC)cc2)noc1-c1ccc(O)c(C(N)=O)c1. The zero-order valence-corrected chi connectivity index (χ0v) is 13.9. The summed E-state index contributed by atoms with van der Waals surface area (Å²) in [5, 5.41) is 13.9. The van der Waals surface area contributed by atoms with E-state index in [0.717, 1.165) is 22.6 Å². The summed E-state index contributed by atoms with van der Waals surface area (Å²) in [6, 6.07) is 12.1. The maximum atomic E-state index is 11.5. The molecule has 0 saturated heterocycles. The number of hydrogen-bond acceptors (Lipinski definition) is 5. The van der Waals surface area contributed by atoms with Gasteiger partial charge in [0, 0.05) is 16.7 Å². The van der Waals surface area contributed by atoms with Crippen LogP contribution in [-0.2, 0) is 6.42 Å². The number of carbonyl (C=O) groups excluding carboxylic acids is 1. The normalized spacial score (nSPS) is 10.6. The van der Waals surface area contributed by atoms with Crippen molar-refractivity contribution >= 4 is 5.91 Å². The van der Waals surface area contributed by atoms with Crippen molar-refractivity contribution in [2.24, 2.45) is 5.73 Å². The molecule has 0 unspecified atom stereocenters. The second-order valence-corrected chi connectivity index (χ2v) is 5.52. The lowest BCUT2D eigenvalue weighted by molar-refractivity contribution is 0.0998. The van der Waals surface area contributed by atoms with Crippen molar-refractivity contribution in [2.75, 3.05) is 7.11 Å². The summed E-state index contributed by atoms with van der Waals surface area (Å²) in [6.45, 7) is 2.00. The molecule has 3 N–H and O–H groups in total. The molecule has 2 aromatic carbocycles. The zero-order chi connectivity index (χ0) is 18.0. The Morgan fingerprint density at radius 3 is 2.48 bits per heavy atom. The van der Waals surface area contributed by atoms with Crippen LogP contribution in [0.25, 0.3) is 22.6 Å². The van der Waals surface area contributed by atoms with Crippen molar-refractivity contribution in [3.05, 3.63) is 53.6 Å². The van der Waals surface area contributed by atoms with Crippen molar-refractivity contribution in [1.82, 2.24) is 5.16 Å². The molecular weight excluding hydrogens is 320 g/mol. The maximum absolute atomic E-state index is 11.5. The predicted octanol–water partition coefficient (Wildman–Crippen LogP) is 3.38. The first kappa shape index (κ1) is 16.6. The van der Waals surface area contributed by atoms with E-state index in [1.807, 2.05) is 31.2 Å². The Bertz CT molecular complexity index is 914. The summed E-state index contributed by atoms with van der Waals surface area (Å²) < 4.78 is 10.7. The molecule has 6 nitrogen and oxygen atoms in total. The standard InChI is InChI=1S/C19H18N2O4/c1-3-14-17(11-4-7-13(24-2)8-5-11)21-25-18(14)12-6-9-16(22)15(10-12)19(20)23/h4-10,22H,3H2,1-2H3,(H2,20,23). The molecule has 1 amide bonds. The second-order valence-electron chi connectivity index (χ2n) is 5.52. The summed E-state index contributed by atoms with van der Waals surface area (Å²) in [4.78, 5) is 11.5. The monoisotopic (exact) mass is 338 g/mol. The largest absolute Gasteiger partial charge is 0.507 e. The number of aromatic hydroxyl groups is 1. The summed E-state index contributed by atoms with van der Waals surface area (Å²) in [6.07, 6.45) is 0.687. The number of nitrogens with two attached hydrogens (primary N) is 1. The number of benzene rings is 2. The fraction of sp³-hybridized carbons (Fsp3) is 0.158. The molecule has 0 aliphatic heterocycles. The number of phenols is 1. The van der Waals surface area contributed by atoms with Gasteiger partial charge in [-0.25, -0.2) is 0 Å². The zero-order valence-electron chi connectivity index (χ0n) is 13.9. The van der Waals surface area contributed by atoms with Gasteiger partial charge < -0.3 is 20.1 Å². The Kier molecular flexibility index (Phi) is 4.43. The van der Waals surface area contributed by atoms with E-state index in [2.05, 4.69) is 5.16 Å². The summed E-state index contributed by atoms with van der Waals surface area (Å²) in [5.74, 6) is 0.447. The van der Waals surface area contributed by atoms with Crippen LogP contribution in [0.15, 0.2) is 47.0 Å². The van der Waals surface area contributed by atoms with Crippen LogP contribution in [0.1, 0.15) is 22.8 Å². The van der Waals surface area contributed by atoms with Gasteiger partial charge in [-0.15, -0.1) is 0 Å². The van der Waals surface area contributed by atoms with Gasteiger partial charge in [0.15, 0.2) is 5.76 Å². The number of aromatic nitrogens is 1. The molecule has 3 aromatic rings. The third-order valence-corrected chi connectivity index (χ3v) is 4.03. The highest BCUT2D eigenvalue weighted by Crippen LogP contribution is 2.34. The smallest absolute Gasteiger partial charge is 0.252 e. The lowest BCUT2D eigenvalue weighted by Gasteiger charge is -2.05. The second kappa shape index (κ2) is 6.68. The summed E-state index contributed by atoms with van der Waals surface area (Å²) >= 11 is 0. The number of primary amides is 1. The Labute approximate surface area is 144 Å². The molecule has 0 radical (unpaired) electrons. The van der Waals surface area contributed by atoms with E-state index in [-0.39, 0.29) is 11.3 Å². The number of rotatable bonds is 5. The highest BCUT2D eigenvalue weighted by Gasteiger charge is 2.19. The van der Waals surface area contributed by atoms with Crippen molar-refractivity contribution in [3.63, 3.8) is 0 Å². The number of hydrogen-bond donors (Lipinski definition) is 2. The molecule has 0 aliphatic rings. The van der Waals surface area contributed by atoms with E-state index in [1.165, 1.54) is 12.1 Å². The van der Waals surface area contributed by atoms with Gasteiger partial charge >= 0.3 is 0 Å². The van der Waals surface area contributed by atoms with Crippen LogP contribution in [0, 0.1) is 0 Å². The average molecular weight is 338 g/mol. The number of methoxy groups -OCH3 is 1. The number of ether oxygens (including phenoxy) is 1. The quantitative estimate of drug-likeness (QED) is 0.743. The predicted molar refractivity (Wildman–Crippen MR) is 93.5 cm³/mol. The van der Waals surface area contributed by atoms with E-state index < -0.39 is 5.91 Å². The van der Waals surface area contributed by atoms with Gasteiger partial charge in [0.2, 0.25) is 0 Å². The van der Waals surface area contributed by atoms with Gasteiger partial charge in [0.05, 0.1) is 12.7 Å². The Morgan fingerprint density at radius 2 is 1.88 bits per heavy atom. The van der Waals surface area contributed by atoms with Crippen molar-refractivity contribution in [1.29, 1.82) is 0 Å².